The molecule has 1 N–H and O–H groups in total. The summed E-state index contributed by atoms with van der Waals surface area (Å²) in [5, 5.41) is 8.03. The van der Waals surface area contributed by atoms with Gasteiger partial charge in [0.25, 0.3) is 0 Å². The summed E-state index contributed by atoms with van der Waals surface area (Å²) in [5.41, 5.74) is 1.82. The smallest absolute Gasteiger partial charge is 0.221 e. The van der Waals surface area contributed by atoms with Crippen LogP contribution in [0.25, 0.3) is 0 Å². The van der Waals surface area contributed by atoms with E-state index in [1.165, 1.54) is 6.92 Å². The van der Waals surface area contributed by atoms with Crippen LogP contribution in [0.4, 0.5) is 0 Å². The minimum absolute atomic E-state index is 0.0801. The zero-order valence-electron chi connectivity index (χ0n) is 13.9. The van der Waals surface area contributed by atoms with E-state index in [2.05, 4.69) is 10.4 Å². The Labute approximate surface area is 141 Å². The van der Waals surface area contributed by atoms with Crippen molar-refractivity contribution < 1.29 is 9.53 Å². The lowest BCUT2D eigenvalue weighted by Gasteiger charge is -2.13. The lowest BCUT2D eigenvalue weighted by Crippen LogP contribution is -2.20. The molecule has 0 saturated carbocycles. The van der Waals surface area contributed by atoms with E-state index in [1.54, 1.807) is 12.1 Å². The molecule has 0 aliphatic carbocycles. The molecule has 5 nitrogen and oxygen atoms in total. The fraction of sp³-hybridized carbons (Fsp3) is 0.412. The first-order chi connectivity index (χ1) is 10.9. The number of aromatic nitrogens is 2. The Bertz CT molecular complexity index is 695. The lowest BCUT2D eigenvalue weighted by atomic mass is 10.2. The van der Waals surface area contributed by atoms with Gasteiger partial charge in [-0.25, -0.2) is 4.68 Å². The largest absolute Gasteiger partial charge is 0.439 e. The van der Waals surface area contributed by atoms with Crippen molar-refractivity contribution in [1.29, 1.82) is 0 Å². The van der Waals surface area contributed by atoms with Crippen LogP contribution in [-0.2, 0) is 17.8 Å². The molecule has 0 unspecified atom stereocenters. The standard InChI is InChI=1S/C17H22ClN3O2/c1-5-15-16(10-19-12(4)22)20-21(11(2)3)17(15)23-14-8-6-7-13(18)9-14/h6-9,11H,5,10H2,1-4H3,(H,19,22). The van der Waals surface area contributed by atoms with E-state index < -0.39 is 0 Å². The third-order valence-electron chi connectivity index (χ3n) is 3.40. The average molecular weight is 336 g/mol. The van der Waals surface area contributed by atoms with Crippen LogP contribution in [-0.4, -0.2) is 15.7 Å². The summed E-state index contributed by atoms with van der Waals surface area (Å²) in [6, 6.07) is 7.41. The maximum atomic E-state index is 11.2. The molecule has 23 heavy (non-hydrogen) atoms. The molecule has 1 heterocycles. The molecule has 124 valence electrons. The monoisotopic (exact) mass is 335 g/mol. The van der Waals surface area contributed by atoms with Crippen molar-refractivity contribution in [3.63, 3.8) is 0 Å². The van der Waals surface area contributed by atoms with Crippen LogP contribution in [0.2, 0.25) is 5.02 Å². The number of ether oxygens (including phenoxy) is 1. The zero-order valence-corrected chi connectivity index (χ0v) is 14.6. The van der Waals surface area contributed by atoms with Crippen molar-refractivity contribution in [1.82, 2.24) is 15.1 Å². The van der Waals surface area contributed by atoms with E-state index in [4.69, 9.17) is 16.3 Å². The van der Waals surface area contributed by atoms with Gasteiger partial charge in [-0.05, 0) is 38.5 Å². The Morgan fingerprint density at radius 3 is 2.74 bits per heavy atom. The van der Waals surface area contributed by atoms with Crippen molar-refractivity contribution in [2.24, 2.45) is 0 Å². The SMILES string of the molecule is CCc1c(CNC(C)=O)nn(C(C)C)c1Oc1cccc(Cl)c1. The quantitative estimate of drug-likeness (QED) is 0.864. The Morgan fingerprint density at radius 1 is 1.43 bits per heavy atom. The maximum absolute atomic E-state index is 11.2. The second-order valence-electron chi connectivity index (χ2n) is 5.59. The number of amides is 1. The summed E-state index contributed by atoms with van der Waals surface area (Å²) in [6.07, 6.45) is 0.761. The van der Waals surface area contributed by atoms with E-state index in [0.29, 0.717) is 23.2 Å². The van der Waals surface area contributed by atoms with Crippen LogP contribution in [0.3, 0.4) is 0 Å². The highest BCUT2D eigenvalue weighted by atomic mass is 35.5. The molecule has 2 rings (SSSR count). The van der Waals surface area contributed by atoms with E-state index >= 15 is 0 Å². The molecule has 0 atom stereocenters. The van der Waals surface area contributed by atoms with Crippen molar-refractivity contribution in [3.8, 4) is 11.6 Å². The number of halogens is 1. The molecule has 0 bridgehead atoms. The predicted octanol–water partition coefficient (Wildman–Crippen LogP) is 4.11. The van der Waals surface area contributed by atoms with Gasteiger partial charge in [-0.2, -0.15) is 5.10 Å². The third kappa shape index (κ3) is 4.26. The van der Waals surface area contributed by atoms with Crippen molar-refractivity contribution in [2.45, 2.75) is 46.7 Å². The summed E-state index contributed by atoms with van der Waals surface area (Å²) >= 11 is 6.03. The topological polar surface area (TPSA) is 56.2 Å². The number of carbonyl (C=O) groups is 1. The molecule has 0 aliphatic rings. The zero-order chi connectivity index (χ0) is 17.0. The van der Waals surface area contributed by atoms with Crippen LogP contribution in [0.1, 0.15) is 45.0 Å². The highest BCUT2D eigenvalue weighted by Crippen LogP contribution is 2.32. The van der Waals surface area contributed by atoms with E-state index in [9.17, 15) is 4.79 Å². The van der Waals surface area contributed by atoms with Crippen molar-refractivity contribution in [2.75, 3.05) is 0 Å². The summed E-state index contributed by atoms with van der Waals surface area (Å²) in [7, 11) is 0. The first-order valence-electron chi connectivity index (χ1n) is 7.70. The van der Waals surface area contributed by atoms with Gasteiger partial charge in [-0.3, -0.25) is 4.79 Å². The van der Waals surface area contributed by atoms with Gasteiger partial charge in [0, 0.05) is 17.5 Å². The molecule has 1 aromatic carbocycles. The summed E-state index contributed by atoms with van der Waals surface area (Å²) in [5.74, 6) is 1.29. The second-order valence-corrected chi connectivity index (χ2v) is 6.03. The van der Waals surface area contributed by atoms with Gasteiger partial charge < -0.3 is 10.1 Å². The van der Waals surface area contributed by atoms with Crippen molar-refractivity contribution >= 4 is 17.5 Å². The Balaban J connectivity index is 2.40. The highest BCUT2D eigenvalue weighted by Gasteiger charge is 2.20. The van der Waals surface area contributed by atoms with Gasteiger partial charge in [-0.1, -0.05) is 24.6 Å². The third-order valence-corrected chi connectivity index (χ3v) is 3.64. The maximum Gasteiger partial charge on any atom is 0.221 e. The van der Waals surface area contributed by atoms with Crippen LogP contribution in [0, 0.1) is 0 Å². The molecule has 2 aromatic rings. The van der Waals surface area contributed by atoms with Gasteiger partial charge in [0.2, 0.25) is 11.8 Å². The van der Waals surface area contributed by atoms with Crippen molar-refractivity contribution in [3.05, 3.63) is 40.5 Å². The van der Waals surface area contributed by atoms with Gasteiger partial charge in [-0.15, -0.1) is 0 Å². The molecule has 0 spiro atoms. The summed E-state index contributed by atoms with van der Waals surface area (Å²) in [4.78, 5) is 11.2. The van der Waals surface area contributed by atoms with Gasteiger partial charge in [0.05, 0.1) is 18.3 Å². The van der Waals surface area contributed by atoms with E-state index in [-0.39, 0.29) is 11.9 Å². The van der Waals surface area contributed by atoms with Crippen LogP contribution in [0.15, 0.2) is 24.3 Å². The van der Waals surface area contributed by atoms with E-state index in [0.717, 1.165) is 17.7 Å². The minimum Gasteiger partial charge on any atom is -0.439 e. The fourth-order valence-corrected chi connectivity index (χ4v) is 2.48. The number of rotatable bonds is 6. The predicted molar refractivity (Wildman–Crippen MR) is 91.0 cm³/mol. The molecule has 1 aromatic heterocycles. The number of carbonyl (C=O) groups excluding carboxylic acids is 1. The fourth-order valence-electron chi connectivity index (χ4n) is 2.30. The highest BCUT2D eigenvalue weighted by molar-refractivity contribution is 6.30. The normalized spacial score (nSPS) is 10.9. The molecule has 6 heteroatoms. The van der Waals surface area contributed by atoms with E-state index in [1.807, 2.05) is 37.6 Å². The molecular formula is C17H22ClN3O2. The summed E-state index contributed by atoms with van der Waals surface area (Å²) < 4.78 is 7.91. The summed E-state index contributed by atoms with van der Waals surface area (Å²) in [6.45, 7) is 8.02. The minimum atomic E-state index is -0.0801. The average Bonchev–Trinajstić information content (AvgIpc) is 2.83. The lowest BCUT2D eigenvalue weighted by molar-refractivity contribution is -0.119. The van der Waals surface area contributed by atoms with Gasteiger partial charge in [0.15, 0.2) is 0 Å². The molecule has 0 radical (unpaired) electrons. The van der Waals surface area contributed by atoms with Crippen LogP contribution in [0.5, 0.6) is 11.6 Å². The molecular weight excluding hydrogens is 314 g/mol. The van der Waals surface area contributed by atoms with Gasteiger partial charge in [0.1, 0.15) is 5.75 Å². The molecule has 1 amide bonds. The number of nitrogens with zero attached hydrogens (tertiary/aromatic N) is 2. The number of hydrogen-bond donors (Lipinski definition) is 1. The molecule has 0 aliphatic heterocycles. The number of hydrogen-bond acceptors (Lipinski definition) is 3. The molecule has 0 fully saturated rings. The number of benzene rings is 1. The number of nitrogens with one attached hydrogen (secondary N) is 1. The first kappa shape index (κ1) is 17.3. The van der Waals surface area contributed by atoms with Crippen LogP contribution < -0.4 is 10.1 Å². The Kier molecular flexibility index (Phi) is 5.66. The Hall–Kier alpha value is -2.01. The Morgan fingerprint density at radius 2 is 2.17 bits per heavy atom. The first-order valence-corrected chi connectivity index (χ1v) is 8.08. The second kappa shape index (κ2) is 7.51. The van der Waals surface area contributed by atoms with Crippen LogP contribution >= 0.6 is 11.6 Å². The molecule has 0 saturated heterocycles. The van der Waals surface area contributed by atoms with Gasteiger partial charge >= 0.3 is 0 Å².